The predicted octanol–water partition coefficient (Wildman–Crippen LogP) is 1.88. The molecule has 12 heavy (non-hydrogen) atoms. The fourth-order valence-electron chi connectivity index (χ4n) is 0.956. The lowest BCUT2D eigenvalue weighted by Gasteiger charge is -1.92. The zero-order valence-electron chi connectivity index (χ0n) is 7.04. The second kappa shape index (κ2) is 4.58. The van der Waals surface area contributed by atoms with Crippen LogP contribution >= 0.6 is 0 Å². The lowest BCUT2D eigenvalue weighted by atomic mass is 10.3. The van der Waals surface area contributed by atoms with E-state index in [1.807, 2.05) is 12.1 Å². The molecule has 64 valence electrons. The molecule has 0 saturated heterocycles. The summed E-state index contributed by atoms with van der Waals surface area (Å²) in [5, 5.41) is 8.32. The summed E-state index contributed by atoms with van der Waals surface area (Å²) in [6, 6.07) is 5.82. The number of ether oxygens (including phenoxy) is 1. The van der Waals surface area contributed by atoms with Gasteiger partial charge in [-0.05, 0) is 12.1 Å². The molecule has 0 atom stereocenters. The number of methoxy groups -OCH3 is 1. The van der Waals surface area contributed by atoms with Gasteiger partial charge in [0.2, 0.25) is 0 Å². The number of hydrogen-bond acceptors (Lipinski definition) is 3. The van der Waals surface area contributed by atoms with Gasteiger partial charge in [0.1, 0.15) is 18.1 Å². The van der Waals surface area contributed by atoms with Gasteiger partial charge in [-0.25, -0.2) is 0 Å². The van der Waals surface area contributed by atoms with Crippen LogP contribution in [0.3, 0.4) is 0 Å². The lowest BCUT2D eigenvalue weighted by molar-refractivity contribution is 0.162. The van der Waals surface area contributed by atoms with Crippen LogP contribution in [0.15, 0.2) is 16.5 Å². The summed E-state index contributed by atoms with van der Waals surface area (Å²) in [7, 11) is 1.62. The third kappa shape index (κ3) is 2.40. The fraction of sp³-hybridized carbons (Fsp3) is 0.444. The summed E-state index contributed by atoms with van der Waals surface area (Å²) < 4.78 is 10.2. The van der Waals surface area contributed by atoms with Crippen molar-refractivity contribution in [3.63, 3.8) is 0 Å². The standard InChI is InChI=1S/C9H11NO2/c1-11-7-9-5-4-8(12-9)3-2-6-10/h4-5H,2-3,7H2,1H3. The van der Waals surface area contributed by atoms with Gasteiger partial charge < -0.3 is 9.15 Å². The van der Waals surface area contributed by atoms with E-state index in [0.29, 0.717) is 19.4 Å². The Morgan fingerprint density at radius 1 is 1.50 bits per heavy atom. The molecular weight excluding hydrogens is 154 g/mol. The molecule has 0 saturated carbocycles. The van der Waals surface area contributed by atoms with Crippen LogP contribution in [0.2, 0.25) is 0 Å². The first-order valence-corrected chi connectivity index (χ1v) is 3.80. The van der Waals surface area contributed by atoms with E-state index in [0.717, 1.165) is 11.5 Å². The highest BCUT2D eigenvalue weighted by atomic mass is 16.5. The Labute approximate surface area is 71.6 Å². The van der Waals surface area contributed by atoms with Gasteiger partial charge >= 0.3 is 0 Å². The van der Waals surface area contributed by atoms with E-state index in [2.05, 4.69) is 6.07 Å². The van der Waals surface area contributed by atoms with Crippen LogP contribution in [0.5, 0.6) is 0 Å². The Morgan fingerprint density at radius 3 is 2.92 bits per heavy atom. The minimum Gasteiger partial charge on any atom is -0.464 e. The average molecular weight is 165 g/mol. The Kier molecular flexibility index (Phi) is 3.36. The molecule has 1 rings (SSSR count). The SMILES string of the molecule is COCc1ccc(CCC#N)o1. The molecule has 3 nitrogen and oxygen atoms in total. The number of nitriles is 1. The highest BCUT2D eigenvalue weighted by molar-refractivity contribution is 5.07. The Balaban J connectivity index is 2.47. The maximum atomic E-state index is 8.32. The fourth-order valence-corrected chi connectivity index (χ4v) is 0.956. The molecular formula is C9H11NO2. The maximum Gasteiger partial charge on any atom is 0.129 e. The second-order valence-corrected chi connectivity index (χ2v) is 2.46. The molecule has 0 bridgehead atoms. The highest BCUT2D eigenvalue weighted by Crippen LogP contribution is 2.10. The van der Waals surface area contributed by atoms with E-state index in [4.69, 9.17) is 14.4 Å². The van der Waals surface area contributed by atoms with E-state index in [1.165, 1.54) is 0 Å². The van der Waals surface area contributed by atoms with Gasteiger partial charge in [-0.2, -0.15) is 5.26 Å². The molecule has 0 N–H and O–H groups in total. The topological polar surface area (TPSA) is 46.2 Å². The highest BCUT2D eigenvalue weighted by Gasteiger charge is 2.00. The van der Waals surface area contributed by atoms with E-state index in [1.54, 1.807) is 7.11 Å². The third-order valence-electron chi connectivity index (χ3n) is 1.49. The Morgan fingerprint density at radius 2 is 2.25 bits per heavy atom. The monoisotopic (exact) mass is 165 g/mol. The van der Waals surface area contributed by atoms with Gasteiger partial charge in [0.25, 0.3) is 0 Å². The molecule has 1 heterocycles. The van der Waals surface area contributed by atoms with E-state index in [-0.39, 0.29) is 0 Å². The van der Waals surface area contributed by atoms with E-state index < -0.39 is 0 Å². The summed E-state index contributed by atoms with van der Waals surface area (Å²) in [6.07, 6.45) is 1.18. The molecule has 0 aromatic carbocycles. The zero-order valence-corrected chi connectivity index (χ0v) is 7.04. The molecule has 0 aliphatic heterocycles. The van der Waals surface area contributed by atoms with Crippen molar-refractivity contribution in [3.05, 3.63) is 23.7 Å². The summed E-state index contributed by atoms with van der Waals surface area (Å²) in [5.41, 5.74) is 0. The number of furan rings is 1. The minimum absolute atomic E-state index is 0.493. The van der Waals surface area contributed by atoms with Crippen LogP contribution < -0.4 is 0 Å². The summed E-state index contributed by atoms with van der Waals surface area (Å²) in [4.78, 5) is 0. The lowest BCUT2D eigenvalue weighted by Crippen LogP contribution is -1.83. The molecule has 1 aromatic rings. The van der Waals surface area contributed by atoms with Crippen LogP contribution in [0.4, 0.5) is 0 Å². The van der Waals surface area contributed by atoms with E-state index in [9.17, 15) is 0 Å². The van der Waals surface area contributed by atoms with Crippen molar-refractivity contribution in [2.75, 3.05) is 7.11 Å². The van der Waals surface area contributed by atoms with Gasteiger partial charge in [0.05, 0.1) is 6.07 Å². The first-order valence-electron chi connectivity index (χ1n) is 3.80. The molecule has 0 spiro atoms. The number of nitrogens with zero attached hydrogens (tertiary/aromatic N) is 1. The van der Waals surface area contributed by atoms with Crippen molar-refractivity contribution in [3.8, 4) is 6.07 Å². The second-order valence-electron chi connectivity index (χ2n) is 2.46. The number of hydrogen-bond donors (Lipinski definition) is 0. The predicted molar refractivity (Wildman–Crippen MR) is 43.4 cm³/mol. The third-order valence-corrected chi connectivity index (χ3v) is 1.49. The number of rotatable bonds is 4. The molecule has 0 radical (unpaired) electrons. The average Bonchev–Trinajstić information content (AvgIpc) is 2.50. The van der Waals surface area contributed by atoms with Crippen molar-refractivity contribution >= 4 is 0 Å². The van der Waals surface area contributed by atoms with Gasteiger partial charge in [0.15, 0.2) is 0 Å². The van der Waals surface area contributed by atoms with Gasteiger partial charge in [-0.3, -0.25) is 0 Å². The molecule has 3 heteroatoms. The first-order chi connectivity index (χ1) is 5.86. The maximum absolute atomic E-state index is 8.32. The summed E-state index contributed by atoms with van der Waals surface area (Å²) in [5.74, 6) is 1.66. The first kappa shape index (κ1) is 8.82. The van der Waals surface area contributed by atoms with Crippen molar-refractivity contribution in [2.45, 2.75) is 19.4 Å². The van der Waals surface area contributed by atoms with Gasteiger partial charge in [0, 0.05) is 20.0 Å². The van der Waals surface area contributed by atoms with Crippen molar-refractivity contribution in [1.82, 2.24) is 0 Å². The van der Waals surface area contributed by atoms with Crippen LogP contribution in [-0.2, 0) is 17.8 Å². The molecule has 1 aromatic heterocycles. The van der Waals surface area contributed by atoms with E-state index >= 15 is 0 Å². The van der Waals surface area contributed by atoms with Crippen molar-refractivity contribution in [1.29, 1.82) is 5.26 Å². The number of aryl methyl sites for hydroxylation is 1. The van der Waals surface area contributed by atoms with Crippen molar-refractivity contribution < 1.29 is 9.15 Å². The quantitative estimate of drug-likeness (QED) is 0.684. The smallest absolute Gasteiger partial charge is 0.129 e. The molecule has 0 unspecified atom stereocenters. The van der Waals surface area contributed by atoms with Crippen LogP contribution in [-0.4, -0.2) is 7.11 Å². The van der Waals surface area contributed by atoms with Crippen LogP contribution in [0.1, 0.15) is 17.9 Å². The van der Waals surface area contributed by atoms with Gasteiger partial charge in [-0.15, -0.1) is 0 Å². The normalized spacial score (nSPS) is 9.67. The molecule has 0 aliphatic carbocycles. The largest absolute Gasteiger partial charge is 0.464 e. The Hall–Kier alpha value is -1.27. The molecule has 0 aliphatic rings. The van der Waals surface area contributed by atoms with Gasteiger partial charge in [-0.1, -0.05) is 0 Å². The summed E-state index contributed by atoms with van der Waals surface area (Å²) >= 11 is 0. The van der Waals surface area contributed by atoms with Crippen molar-refractivity contribution in [2.24, 2.45) is 0 Å². The molecule has 0 fully saturated rings. The zero-order chi connectivity index (χ0) is 8.81. The van der Waals surface area contributed by atoms with Crippen LogP contribution in [0.25, 0.3) is 0 Å². The molecule has 0 amide bonds. The summed E-state index contributed by atoms with van der Waals surface area (Å²) in [6.45, 7) is 0.493. The Bertz CT molecular complexity index is 272. The van der Waals surface area contributed by atoms with Crippen LogP contribution in [0, 0.1) is 11.3 Å². The minimum atomic E-state index is 0.493.